The fraction of sp³-hybridized carbons (Fsp3) is 0.519. The zero-order chi connectivity index (χ0) is 39.1. The highest BCUT2D eigenvalue weighted by Crippen LogP contribution is 2.54. The van der Waals surface area contributed by atoms with Crippen molar-refractivity contribution in [3.05, 3.63) is 103 Å². The second-order valence-electron chi connectivity index (χ2n) is 16.5. The molecule has 0 aliphatic heterocycles. The highest BCUT2D eigenvalue weighted by Gasteiger charge is 2.44. The molecular weight excluding hydrogens is 673 g/mol. The topological polar surface area (TPSA) is 35.5 Å². The van der Waals surface area contributed by atoms with Crippen molar-refractivity contribution in [3.8, 4) is 16.9 Å². The van der Waals surface area contributed by atoms with Crippen molar-refractivity contribution >= 4 is 27.5 Å². The Bertz CT molecular complexity index is 1820. The van der Waals surface area contributed by atoms with Crippen molar-refractivity contribution in [2.75, 3.05) is 6.61 Å². The summed E-state index contributed by atoms with van der Waals surface area (Å²) >= 11 is 0. The highest BCUT2D eigenvalue weighted by molar-refractivity contribution is 6.00. The fourth-order valence-electron chi connectivity index (χ4n) is 9.30. The third-order valence-electron chi connectivity index (χ3n) is 13.0. The standard InChI is InChI=1S/C52H70O3/c1-7-13-15-21-31-52(30-14-8-2)33-32-51(11-5,12-6)48-38-45-37-43-35-41(24-25-42(43)36-44(45)39-49(48)52)40-26-28-47(29-27-40)54-34-22-19-17-16-18-20-23-50(53)55-46(9-3)10-4/h9-10,24-29,35-39,46H,3-4,7-8,11-23,30-34H2,1-2,5-6H3. The highest BCUT2D eigenvalue weighted by atomic mass is 16.5. The van der Waals surface area contributed by atoms with Gasteiger partial charge < -0.3 is 9.47 Å². The minimum absolute atomic E-state index is 0.178. The lowest BCUT2D eigenvalue weighted by Crippen LogP contribution is -2.40. The van der Waals surface area contributed by atoms with Crippen molar-refractivity contribution in [1.82, 2.24) is 0 Å². The largest absolute Gasteiger partial charge is 0.494 e. The van der Waals surface area contributed by atoms with Crippen LogP contribution in [0, 0.1) is 0 Å². The Morgan fingerprint density at radius 2 is 1.18 bits per heavy atom. The maximum Gasteiger partial charge on any atom is 0.306 e. The normalized spacial score (nSPS) is 16.3. The zero-order valence-corrected chi connectivity index (χ0v) is 34.9. The summed E-state index contributed by atoms with van der Waals surface area (Å²) in [7, 11) is 0. The molecule has 3 nitrogen and oxygen atoms in total. The van der Waals surface area contributed by atoms with Gasteiger partial charge in [0.05, 0.1) is 6.61 Å². The molecule has 0 amide bonds. The van der Waals surface area contributed by atoms with E-state index in [2.05, 4.69) is 108 Å². The molecule has 0 fully saturated rings. The van der Waals surface area contributed by atoms with Crippen LogP contribution >= 0.6 is 0 Å². The van der Waals surface area contributed by atoms with E-state index in [1.807, 2.05) is 0 Å². The van der Waals surface area contributed by atoms with Gasteiger partial charge in [-0.3, -0.25) is 4.79 Å². The minimum atomic E-state index is -0.390. The molecule has 0 radical (unpaired) electrons. The van der Waals surface area contributed by atoms with Gasteiger partial charge in [0.15, 0.2) is 0 Å². The molecule has 1 atom stereocenters. The van der Waals surface area contributed by atoms with E-state index >= 15 is 0 Å². The minimum Gasteiger partial charge on any atom is -0.494 e. The van der Waals surface area contributed by atoms with Gasteiger partial charge in [-0.15, -0.1) is 0 Å². The smallest absolute Gasteiger partial charge is 0.306 e. The first-order valence-electron chi connectivity index (χ1n) is 22.0. The molecule has 0 heterocycles. The van der Waals surface area contributed by atoms with E-state index in [0.717, 1.165) is 50.9 Å². The zero-order valence-electron chi connectivity index (χ0n) is 34.9. The third kappa shape index (κ3) is 10.7. The Kier molecular flexibility index (Phi) is 16.1. The molecule has 0 N–H and O–H groups in total. The van der Waals surface area contributed by atoms with Gasteiger partial charge in [-0.05, 0) is 148 Å². The molecule has 55 heavy (non-hydrogen) atoms. The van der Waals surface area contributed by atoms with Gasteiger partial charge in [-0.25, -0.2) is 0 Å². The second kappa shape index (κ2) is 20.9. The number of fused-ring (bicyclic) bond motifs is 3. The number of esters is 1. The molecule has 1 aliphatic carbocycles. The predicted octanol–water partition coefficient (Wildman–Crippen LogP) is 15.3. The number of unbranched alkanes of at least 4 members (excludes halogenated alkanes) is 9. The van der Waals surface area contributed by atoms with E-state index in [-0.39, 0.29) is 11.4 Å². The first-order valence-corrected chi connectivity index (χ1v) is 22.0. The van der Waals surface area contributed by atoms with Crippen molar-refractivity contribution in [2.24, 2.45) is 0 Å². The van der Waals surface area contributed by atoms with E-state index in [1.165, 1.54) is 110 Å². The van der Waals surface area contributed by atoms with Gasteiger partial charge in [-0.2, -0.15) is 0 Å². The van der Waals surface area contributed by atoms with Crippen LogP contribution in [-0.2, 0) is 20.4 Å². The van der Waals surface area contributed by atoms with Crippen LogP contribution in [0.15, 0.2) is 92.0 Å². The SMILES string of the molecule is C=CC(C=C)OC(=O)CCCCCCCCOc1ccc(-c2ccc3cc4cc5c(cc4cc3c2)C(CC)(CC)CCC5(CCCC)CCCCCC)cc1. The quantitative estimate of drug-likeness (QED) is 0.0310. The van der Waals surface area contributed by atoms with Crippen molar-refractivity contribution < 1.29 is 14.3 Å². The molecule has 4 aromatic rings. The van der Waals surface area contributed by atoms with Crippen LogP contribution in [0.2, 0.25) is 0 Å². The average Bonchev–Trinajstić information content (AvgIpc) is 3.22. The van der Waals surface area contributed by atoms with E-state index in [9.17, 15) is 4.79 Å². The molecule has 5 rings (SSSR count). The summed E-state index contributed by atoms with van der Waals surface area (Å²) in [5.41, 5.74) is 6.41. The van der Waals surface area contributed by atoms with Gasteiger partial charge in [0.25, 0.3) is 0 Å². The molecule has 0 spiro atoms. The van der Waals surface area contributed by atoms with E-state index in [4.69, 9.17) is 9.47 Å². The van der Waals surface area contributed by atoms with Gasteiger partial charge in [0.2, 0.25) is 0 Å². The van der Waals surface area contributed by atoms with Gasteiger partial charge >= 0.3 is 5.97 Å². The lowest BCUT2D eigenvalue weighted by molar-refractivity contribution is -0.145. The molecule has 3 heteroatoms. The van der Waals surface area contributed by atoms with Crippen molar-refractivity contribution in [2.45, 2.75) is 167 Å². The summed E-state index contributed by atoms with van der Waals surface area (Å²) in [5, 5.41) is 5.42. The number of hydrogen-bond acceptors (Lipinski definition) is 3. The molecule has 0 bridgehead atoms. The lowest BCUT2D eigenvalue weighted by Gasteiger charge is -2.49. The van der Waals surface area contributed by atoms with Crippen LogP contribution in [0.1, 0.15) is 161 Å². The maximum absolute atomic E-state index is 11.9. The van der Waals surface area contributed by atoms with Crippen LogP contribution in [0.5, 0.6) is 5.75 Å². The van der Waals surface area contributed by atoms with Crippen LogP contribution in [0.25, 0.3) is 32.7 Å². The Morgan fingerprint density at radius 3 is 1.85 bits per heavy atom. The summed E-state index contributed by atoms with van der Waals surface area (Å²) in [4.78, 5) is 11.9. The number of carbonyl (C=O) groups is 1. The molecule has 1 aliphatic rings. The number of hydrogen-bond donors (Lipinski definition) is 0. The second-order valence-corrected chi connectivity index (χ2v) is 16.5. The molecular formula is C52H70O3. The van der Waals surface area contributed by atoms with Gasteiger partial charge in [0, 0.05) is 6.42 Å². The van der Waals surface area contributed by atoms with Gasteiger partial charge in [0.1, 0.15) is 11.9 Å². The van der Waals surface area contributed by atoms with Crippen LogP contribution in [0.3, 0.4) is 0 Å². The molecule has 0 saturated heterocycles. The number of ether oxygens (including phenoxy) is 2. The summed E-state index contributed by atoms with van der Waals surface area (Å²) in [6, 6.07) is 25.8. The number of carbonyl (C=O) groups excluding carboxylic acids is 1. The predicted molar refractivity (Wildman–Crippen MR) is 236 cm³/mol. The summed E-state index contributed by atoms with van der Waals surface area (Å²) in [6.45, 7) is 17.6. The maximum atomic E-state index is 11.9. The molecule has 0 saturated carbocycles. The van der Waals surface area contributed by atoms with E-state index in [1.54, 1.807) is 23.3 Å². The first-order chi connectivity index (χ1) is 26.8. The Hall–Kier alpha value is -3.85. The number of rotatable bonds is 24. The van der Waals surface area contributed by atoms with Crippen LogP contribution in [-0.4, -0.2) is 18.7 Å². The monoisotopic (exact) mass is 743 g/mol. The Morgan fingerprint density at radius 1 is 0.618 bits per heavy atom. The Balaban J connectivity index is 1.23. The third-order valence-corrected chi connectivity index (χ3v) is 13.0. The Labute approximate surface area is 334 Å². The first kappa shape index (κ1) is 42.3. The lowest BCUT2D eigenvalue weighted by atomic mass is 9.55. The van der Waals surface area contributed by atoms with Crippen LogP contribution < -0.4 is 4.74 Å². The summed E-state index contributed by atoms with van der Waals surface area (Å²) in [5.74, 6) is 0.745. The van der Waals surface area contributed by atoms with E-state index in [0.29, 0.717) is 11.8 Å². The molecule has 4 aromatic carbocycles. The fourth-order valence-corrected chi connectivity index (χ4v) is 9.30. The summed E-state index contributed by atoms with van der Waals surface area (Å²) < 4.78 is 11.4. The summed E-state index contributed by atoms with van der Waals surface area (Å²) in [6.07, 6.45) is 25.3. The molecule has 296 valence electrons. The van der Waals surface area contributed by atoms with Crippen molar-refractivity contribution in [3.63, 3.8) is 0 Å². The van der Waals surface area contributed by atoms with Crippen LogP contribution in [0.4, 0.5) is 0 Å². The van der Waals surface area contributed by atoms with E-state index < -0.39 is 6.10 Å². The number of benzene rings is 4. The molecule has 0 aromatic heterocycles. The average molecular weight is 743 g/mol. The van der Waals surface area contributed by atoms with Gasteiger partial charge in [-0.1, -0.05) is 141 Å². The van der Waals surface area contributed by atoms with Crippen molar-refractivity contribution in [1.29, 1.82) is 0 Å². The molecule has 1 unspecified atom stereocenters.